The predicted octanol–water partition coefficient (Wildman–Crippen LogP) is -0.333. The van der Waals surface area contributed by atoms with Crippen LogP contribution in [0.4, 0.5) is 5.82 Å². The molecule has 0 bridgehead atoms. The highest BCUT2D eigenvalue weighted by Crippen LogP contribution is 2.27. The van der Waals surface area contributed by atoms with Crippen molar-refractivity contribution in [3.8, 4) is 0 Å². The molecule has 0 amide bonds. The van der Waals surface area contributed by atoms with E-state index < -0.39 is 0 Å². The number of nitrogens with zero attached hydrogens (tertiary/aromatic N) is 5. The maximum Gasteiger partial charge on any atom is 0.214 e. The van der Waals surface area contributed by atoms with E-state index in [-0.39, 0.29) is 0 Å². The van der Waals surface area contributed by atoms with Crippen LogP contribution in [0.15, 0.2) is 16.2 Å². The number of aromatic amines is 1. The Kier molecular flexibility index (Phi) is 1.89. The van der Waals surface area contributed by atoms with Crippen molar-refractivity contribution in [1.82, 2.24) is 30.4 Å². The van der Waals surface area contributed by atoms with Gasteiger partial charge in [0.2, 0.25) is 5.16 Å². The van der Waals surface area contributed by atoms with Crippen LogP contribution in [0.5, 0.6) is 0 Å². The van der Waals surface area contributed by atoms with Crippen LogP contribution in [0, 0.1) is 0 Å². The van der Waals surface area contributed by atoms with Gasteiger partial charge in [0.05, 0.1) is 11.1 Å². The Morgan fingerprint density at radius 2 is 2.46 bits per heavy atom. The number of H-pyrrole nitrogens is 1. The average molecular weight is 197 g/mol. The van der Waals surface area contributed by atoms with Gasteiger partial charge in [-0.15, -0.1) is 5.10 Å². The van der Waals surface area contributed by atoms with Crippen molar-refractivity contribution in [2.75, 3.05) is 5.73 Å². The van der Waals surface area contributed by atoms with Gasteiger partial charge in [-0.25, -0.2) is 4.68 Å². The molecule has 0 aliphatic heterocycles. The monoisotopic (exact) mass is 197 g/mol. The lowest BCUT2D eigenvalue weighted by Crippen LogP contribution is -1.93. The summed E-state index contributed by atoms with van der Waals surface area (Å²) in [5.74, 6) is 0.521. The number of aryl methyl sites for hydroxylation is 1. The highest BCUT2D eigenvalue weighted by atomic mass is 32.2. The van der Waals surface area contributed by atoms with Crippen LogP contribution in [0.3, 0.4) is 0 Å². The van der Waals surface area contributed by atoms with E-state index in [1.54, 1.807) is 17.9 Å². The van der Waals surface area contributed by atoms with Crippen LogP contribution >= 0.6 is 11.8 Å². The molecule has 0 saturated carbocycles. The van der Waals surface area contributed by atoms with Gasteiger partial charge < -0.3 is 5.73 Å². The molecule has 0 unspecified atom stereocenters. The van der Waals surface area contributed by atoms with Crippen molar-refractivity contribution < 1.29 is 0 Å². The molecule has 2 aromatic heterocycles. The third-order valence-corrected chi connectivity index (χ3v) is 2.49. The molecule has 0 atom stereocenters. The Morgan fingerprint density at radius 3 is 3.00 bits per heavy atom. The van der Waals surface area contributed by atoms with E-state index in [0.29, 0.717) is 11.0 Å². The number of rotatable bonds is 2. The second-order valence-electron chi connectivity index (χ2n) is 2.34. The predicted molar refractivity (Wildman–Crippen MR) is 45.9 cm³/mol. The van der Waals surface area contributed by atoms with Crippen LogP contribution < -0.4 is 5.73 Å². The maximum atomic E-state index is 5.59. The topological polar surface area (TPSA) is 98.3 Å². The zero-order valence-corrected chi connectivity index (χ0v) is 7.62. The fraction of sp³-hybridized carbons (Fsp3) is 0.200. The van der Waals surface area contributed by atoms with Gasteiger partial charge in [0.25, 0.3) is 0 Å². The Labute approximate surface area is 77.7 Å². The van der Waals surface area contributed by atoms with Gasteiger partial charge in [0.15, 0.2) is 0 Å². The molecule has 2 rings (SSSR count). The minimum Gasteiger partial charge on any atom is -0.383 e. The first-order valence-electron chi connectivity index (χ1n) is 3.46. The normalized spacial score (nSPS) is 10.5. The summed E-state index contributed by atoms with van der Waals surface area (Å²) in [4.78, 5) is 0.818. The van der Waals surface area contributed by atoms with Gasteiger partial charge in [0.1, 0.15) is 5.82 Å². The molecule has 0 saturated heterocycles. The third-order valence-electron chi connectivity index (χ3n) is 1.41. The van der Waals surface area contributed by atoms with Crippen molar-refractivity contribution in [2.24, 2.45) is 7.05 Å². The van der Waals surface area contributed by atoms with Crippen LogP contribution in [0.25, 0.3) is 0 Å². The molecule has 7 nitrogen and oxygen atoms in total. The fourth-order valence-electron chi connectivity index (χ4n) is 0.772. The Balaban J connectivity index is 2.24. The van der Waals surface area contributed by atoms with Gasteiger partial charge in [-0.1, -0.05) is 0 Å². The van der Waals surface area contributed by atoms with E-state index in [1.165, 1.54) is 11.8 Å². The van der Waals surface area contributed by atoms with Crippen molar-refractivity contribution in [2.45, 2.75) is 10.1 Å². The minimum absolute atomic E-state index is 0.521. The summed E-state index contributed by atoms with van der Waals surface area (Å²) < 4.78 is 1.57. The molecule has 0 aliphatic rings. The lowest BCUT2D eigenvalue weighted by atomic mass is 10.7. The summed E-state index contributed by atoms with van der Waals surface area (Å²) in [6.45, 7) is 0. The number of nitrogens with one attached hydrogen (secondary N) is 1. The molecule has 0 spiro atoms. The van der Waals surface area contributed by atoms with Gasteiger partial charge in [0, 0.05) is 7.05 Å². The lowest BCUT2D eigenvalue weighted by molar-refractivity contribution is 0.664. The number of hydrogen-bond acceptors (Lipinski definition) is 6. The number of anilines is 1. The lowest BCUT2D eigenvalue weighted by Gasteiger charge is -1.95. The van der Waals surface area contributed by atoms with Crippen molar-refractivity contribution in [1.29, 1.82) is 0 Å². The van der Waals surface area contributed by atoms with Gasteiger partial charge >= 0.3 is 0 Å². The SMILES string of the molecule is Cn1nnnc1Sc1cn[nH]c1N. The van der Waals surface area contributed by atoms with Crippen LogP contribution in [0.1, 0.15) is 0 Å². The molecule has 8 heteroatoms. The average Bonchev–Trinajstić information content (AvgIpc) is 2.65. The highest BCUT2D eigenvalue weighted by molar-refractivity contribution is 7.99. The first-order valence-corrected chi connectivity index (χ1v) is 4.28. The molecular weight excluding hydrogens is 190 g/mol. The standard InChI is InChI=1S/C5H7N7S/c1-12-5(9-10-11-12)13-3-2-7-8-4(3)6/h2H,1H3,(H3,6,7,8). The maximum absolute atomic E-state index is 5.59. The van der Waals surface area contributed by atoms with Crippen molar-refractivity contribution in [3.05, 3.63) is 6.20 Å². The molecule has 13 heavy (non-hydrogen) atoms. The minimum atomic E-state index is 0.521. The Hall–Kier alpha value is -1.57. The van der Waals surface area contributed by atoms with E-state index in [4.69, 9.17) is 5.73 Å². The van der Waals surface area contributed by atoms with E-state index in [0.717, 1.165) is 4.90 Å². The first-order chi connectivity index (χ1) is 6.27. The third kappa shape index (κ3) is 1.47. The van der Waals surface area contributed by atoms with Crippen LogP contribution in [0.2, 0.25) is 0 Å². The molecule has 0 aromatic carbocycles. The summed E-state index contributed by atoms with van der Waals surface area (Å²) in [6, 6.07) is 0. The number of nitrogen functional groups attached to an aromatic ring is 1. The van der Waals surface area contributed by atoms with E-state index in [9.17, 15) is 0 Å². The smallest absolute Gasteiger partial charge is 0.214 e. The Bertz CT molecular complexity index is 366. The van der Waals surface area contributed by atoms with Gasteiger partial charge in [-0.2, -0.15) is 5.10 Å². The summed E-state index contributed by atoms with van der Waals surface area (Å²) in [6.07, 6.45) is 1.63. The fourth-order valence-corrected chi connectivity index (χ4v) is 1.48. The molecule has 0 aliphatic carbocycles. The number of hydrogen-bond donors (Lipinski definition) is 2. The highest BCUT2D eigenvalue weighted by Gasteiger charge is 2.08. The molecule has 0 radical (unpaired) electrons. The van der Waals surface area contributed by atoms with E-state index in [2.05, 4.69) is 25.7 Å². The quantitative estimate of drug-likeness (QED) is 0.683. The van der Waals surface area contributed by atoms with E-state index >= 15 is 0 Å². The molecule has 3 N–H and O–H groups in total. The second kappa shape index (κ2) is 3.05. The molecule has 2 aromatic rings. The van der Waals surface area contributed by atoms with Gasteiger partial charge in [-0.05, 0) is 22.2 Å². The first kappa shape index (κ1) is 8.05. The zero-order valence-electron chi connectivity index (χ0n) is 6.80. The zero-order chi connectivity index (χ0) is 9.26. The van der Waals surface area contributed by atoms with Gasteiger partial charge in [-0.3, -0.25) is 5.10 Å². The molecule has 2 heterocycles. The number of nitrogens with two attached hydrogens (primary N) is 1. The van der Waals surface area contributed by atoms with Crippen molar-refractivity contribution in [3.63, 3.8) is 0 Å². The van der Waals surface area contributed by atoms with Crippen molar-refractivity contribution >= 4 is 17.6 Å². The second-order valence-corrected chi connectivity index (χ2v) is 3.34. The van der Waals surface area contributed by atoms with E-state index in [1.807, 2.05) is 0 Å². The van der Waals surface area contributed by atoms with Crippen LogP contribution in [-0.2, 0) is 7.05 Å². The summed E-state index contributed by atoms with van der Waals surface area (Å²) >= 11 is 1.36. The summed E-state index contributed by atoms with van der Waals surface area (Å²) in [5.41, 5.74) is 5.59. The largest absolute Gasteiger partial charge is 0.383 e. The molecule has 68 valence electrons. The molecule has 0 fully saturated rings. The number of aromatic nitrogens is 6. The Morgan fingerprint density at radius 1 is 1.62 bits per heavy atom. The molecular formula is C5H7N7S. The van der Waals surface area contributed by atoms with Crippen LogP contribution in [-0.4, -0.2) is 30.4 Å². The number of tetrazole rings is 1. The summed E-state index contributed by atoms with van der Waals surface area (Å²) in [5, 5.41) is 18.1. The summed E-state index contributed by atoms with van der Waals surface area (Å²) in [7, 11) is 1.76.